The molecule has 0 aliphatic carbocycles. The fourth-order valence-corrected chi connectivity index (χ4v) is 1.75. The fourth-order valence-electron chi connectivity index (χ4n) is 1.75. The molecule has 0 radical (unpaired) electrons. The van der Waals surface area contributed by atoms with Crippen molar-refractivity contribution in [2.75, 3.05) is 6.61 Å². The largest absolute Gasteiger partial charge is 0.392 e. The number of ether oxygens (including phenoxy) is 1. The van der Waals surface area contributed by atoms with Crippen molar-refractivity contribution in [2.24, 2.45) is 5.92 Å². The van der Waals surface area contributed by atoms with Gasteiger partial charge >= 0.3 is 0 Å². The first-order chi connectivity index (χ1) is 8.65. The van der Waals surface area contributed by atoms with E-state index in [4.69, 9.17) is 4.74 Å². The van der Waals surface area contributed by atoms with Gasteiger partial charge in [-0.3, -0.25) is 4.79 Å². The number of rotatable bonds is 8. The molecule has 3 heteroatoms. The molecule has 0 unspecified atom stereocenters. The Morgan fingerprint density at radius 3 is 2.61 bits per heavy atom. The molecule has 1 rings (SSSR count). The Hall–Kier alpha value is -1.19. The molecular formula is C15H22O3. The van der Waals surface area contributed by atoms with Crippen LogP contribution in [0.1, 0.15) is 32.3 Å². The van der Waals surface area contributed by atoms with E-state index in [-0.39, 0.29) is 11.7 Å². The second-order valence-electron chi connectivity index (χ2n) is 4.50. The topological polar surface area (TPSA) is 46.5 Å². The van der Waals surface area contributed by atoms with Gasteiger partial charge in [-0.15, -0.1) is 0 Å². The Balaban J connectivity index is 2.20. The van der Waals surface area contributed by atoms with Crippen LogP contribution in [0, 0.1) is 5.92 Å². The average Bonchev–Trinajstić information content (AvgIpc) is 2.42. The maximum absolute atomic E-state index is 11.4. The molecule has 2 atom stereocenters. The van der Waals surface area contributed by atoms with Crippen LogP contribution in [0.15, 0.2) is 30.3 Å². The normalized spacial score (nSPS) is 14.2. The minimum Gasteiger partial charge on any atom is -0.392 e. The maximum Gasteiger partial charge on any atom is 0.138 e. The highest BCUT2D eigenvalue weighted by molar-refractivity contribution is 5.80. The molecule has 0 bridgehead atoms. The number of Topliss-reactive ketones (excluding diaryl/α,β-unsaturated/α-hetero) is 1. The standard InChI is InChI=1S/C15H22O3/c1-3-14(16)12(2)15(17)9-10-18-11-13-7-5-4-6-8-13/h4-8,12,15,17H,3,9-11H2,1-2H3/t12-,15-/m0/s1. The van der Waals surface area contributed by atoms with Crippen molar-refractivity contribution >= 4 is 5.78 Å². The zero-order valence-electron chi connectivity index (χ0n) is 11.1. The van der Waals surface area contributed by atoms with Crippen LogP contribution in [-0.4, -0.2) is 23.6 Å². The van der Waals surface area contributed by atoms with Crippen LogP contribution in [0.2, 0.25) is 0 Å². The Morgan fingerprint density at radius 2 is 2.00 bits per heavy atom. The van der Waals surface area contributed by atoms with Crippen molar-refractivity contribution in [1.82, 2.24) is 0 Å². The monoisotopic (exact) mass is 250 g/mol. The lowest BCUT2D eigenvalue weighted by molar-refractivity contribution is -0.125. The Morgan fingerprint density at radius 1 is 1.33 bits per heavy atom. The van der Waals surface area contributed by atoms with Crippen LogP contribution in [-0.2, 0) is 16.1 Å². The van der Waals surface area contributed by atoms with Crippen LogP contribution in [0.4, 0.5) is 0 Å². The van der Waals surface area contributed by atoms with E-state index < -0.39 is 6.10 Å². The van der Waals surface area contributed by atoms with Gasteiger partial charge in [0.25, 0.3) is 0 Å². The van der Waals surface area contributed by atoms with Crippen molar-refractivity contribution in [3.63, 3.8) is 0 Å². The SMILES string of the molecule is CCC(=O)[C@H](C)[C@@H](O)CCOCc1ccccc1. The number of hydrogen-bond donors (Lipinski definition) is 1. The van der Waals surface area contributed by atoms with Crippen molar-refractivity contribution < 1.29 is 14.6 Å². The minimum atomic E-state index is -0.603. The Kier molecular flexibility index (Phi) is 6.61. The van der Waals surface area contributed by atoms with E-state index >= 15 is 0 Å². The summed E-state index contributed by atoms with van der Waals surface area (Å²) in [5.41, 5.74) is 1.12. The lowest BCUT2D eigenvalue weighted by Crippen LogP contribution is -2.26. The third-order valence-corrected chi connectivity index (χ3v) is 3.10. The van der Waals surface area contributed by atoms with Gasteiger partial charge in [0, 0.05) is 18.9 Å². The van der Waals surface area contributed by atoms with Crippen molar-refractivity contribution in [3.8, 4) is 0 Å². The molecule has 100 valence electrons. The molecule has 0 heterocycles. The molecule has 1 aromatic carbocycles. The van der Waals surface area contributed by atoms with Gasteiger partial charge in [0.05, 0.1) is 12.7 Å². The number of carbonyl (C=O) groups excluding carboxylic acids is 1. The number of aliphatic hydroxyl groups excluding tert-OH is 1. The molecule has 0 saturated carbocycles. The van der Waals surface area contributed by atoms with Crippen LogP contribution in [0.3, 0.4) is 0 Å². The van der Waals surface area contributed by atoms with Gasteiger partial charge < -0.3 is 9.84 Å². The van der Waals surface area contributed by atoms with Gasteiger partial charge in [0.1, 0.15) is 5.78 Å². The minimum absolute atomic E-state index is 0.102. The predicted octanol–water partition coefficient (Wildman–Crippen LogP) is 2.57. The van der Waals surface area contributed by atoms with E-state index in [1.54, 1.807) is 6.92 Å². The molecule has 0 aliphatic heterocycles. The number of benzene rings is 1. The number of ketones is 1. The van der Waals surface area contributed by atoms with Crippen LogP contribution in [0.25, 0.3) is 0 Å². The van der Waals surface area contributed by atoms with Crippen molar-refractivity contribution in [3.05, 3.63) is 35.9 Å². The highest BCUT2D eigenvalue weighted by Gasteiger charge is 2.19. The molecule has 3 nitrogen and oxygen atoms in total. The molecule has 0 aliphatic rings. The Labute approximate surface area is 109 Å². The van der Waals surface area contributed by atoms with E-state index in [9.17, 15) is 9.90 Å². The zero-order valence-corrected chi connectivity index (χ0v) is 11.1. The van der Waals surface area contributed by atoms with Crippen molar-refractivity contribution in [1.29, 1.82) is 0 Å². The van der Waals surface area contributed by atoms with Gasteiger partial charge in [-0.25, -0.2) is 0 Å². The van der Waals surface area contributed by atoms with Gasteiger partial charge in [0.2, 0.25) is 0 Å². The highest BCUT2D eigenvalue weighted by Crippen LogP contribution is 2.11. The van der Waals surface area contributed by atoms with E-state index in [2.05, 4.69) is 0 Å². The first-order valence-electron chi connectivity index (χ1n) is 6.47. The van der Waals surface area contributed by atoms with Gasteiger partial charge in [-0.05, 0) is 12.0 Å². The summed E-state index contributed by atoms with van der Waals surface area (Å²) in [6, 6.07) is 9.90. The molecule has 0 saturated heterocycles. The molecule has 1 N–H and O–H groups in total. The van der Waals surface area contributed by atoms with Crippen LogP contribution in [0.5, 0.6) is 0 Å². The third-order valence-electron chi connectivity index (χ3n) is 3.10. The first-order valence-corrected chi connectivity index (χ1v) is 6.47. The van der Waals surface area contributed by atoms with Gasteiger partial charge in [-0.1, -0.05) is 44.2 Å². The van der Waals surface area contributed by atoms with Crippen LogP contribution < -0.4 is 0 Å². The quantitative estimate of drug-likeness (QED) is 0.721. The summed E-state index contributed by atoms with van der Waals surface area (Å²) in [4.78, 5) is 11.4. The van der Waals surface area contributed by atoms with Crippen LogP contribution >= 0.6 is 0 Å². The molecular weight excluding hydrogens is 228 g/mol. The predicted molar refractivity (Wildman–Crippen MR) is 71.2 cm³/mol. The number of hydrogen-bond acceptors (Lipinski definition) is 3. The third kappa shape index (κ3) is 4.98. The molecule has 0 aromatic heterocycles. The smallest absolute Gasteiger partial charge is 0.138 e. The summed E-state index contributed by atoms with van der Waals surface area (Å²) in [5.74, 6) is -0.194. The van der Waals surface area contributed by atoms with E-state index in [1.165, 1.54) is 0 Å². The molecule has 1 aromatic rings. The van der Waals surface area contributed by atoms with E-state index in [1.807, 2.05) is 37.3 Å². The van der Waals surface area contributed by atoms with E-state index in [0.717, 1.165) is 5.56 Å². The first kappa shape index (κ1) is 14.9. The summed E-state index contributed by atoms with van der Waals surface area (Å²) >= 11 is 0. The van der Waals surface area contributed by atoms with Gasteiger partial charge in [0.15, 0.2) is 0 Å². The summed E-state index contributed by atoms with van der Waals surface area (Å²) in [5, 5.41) is 9.82. The maximum atomic E-state index is 11.4. The molecule has 18 heavy (non-hydrogen) atoms. The number of carbonyl (C=O) groups is 1. The summed E-state index contributed by atoms with van der Waals surface area (Å²) < 4.78 is 5.48. The summed E-state index contributed by atoms with van der Waals surface area (Å²) in [6.45, 7) is 4.60. The zero-order chi connectivity index (χ0) is 13.4. The number of aliphatic hydroxyl groups is 1. The molecule has 0 fully saturated rings. The van der Waals surface area contributed by atoms with Gasteiger partial charge in [-0.2, -0.15) is 0 Å². The van der Waals surface area contributed by atoms with Crippen molar-refractivity contribution in [2.45, 2.75) is 39.4 Å². The lowest BCUT2D eigenvalue weighted by atomic mass is 9.96. The second kappa shape index (κ2) is 8.01. The Bertz CT molecular complexity index is 348. The molecule has 0 amide bonds. The molecule has 0 spiro atoms. The highest BCUT2D eigenvalue weighted by atomic mass is 16.5. The van der Waals surface area contributed by atoms with E-state index in [0.29, 0.717) is 26.1 Å². The second-order valence-corrected chi connectivity index (χ2v) is 4.50. The fraction of sp³-hybridized carbons (Fsp3) is 0.533. The lowest BCUT2D eigenvalue weighted by Gasteiger charge is -2.17. The summed E-state index contributed by atoms with van der Waals surface area (Å²) in [6.07, 6.45) is 0.372. The average molecular weight is 250 g/mol. The summed E-state index contributed by atoms with van der Waals surface area (Å²) in [7, 11) is 0.